The van der Waals surface area contributed by atoms with Crippen LogP contribution < -0.4 is 5.56 Å². The second kappa shape index (κ2) is 9.07. The smallest absolute Gasteiger partial charge is 0.387 e. The molecule has 1 aliphatic rings. The van der Waals surface area contributed by atoms with Crippen LogP contribution in [0.2, 0.25) is 0 Å². The lowest BCUT2D eigenvalue weighted by Crippen LogP contribution is -2.33. The van der Waals surface area contributed by atoms with Crippen molar-refractivity contribution in [1.29, 1.82) is 0 Å². The molecular formula is C11H15N2O14P3. The summed E-state index contributed by atoms with van der Waals surface area (Å²) in [6.45, 7) is -1.01. The average Bonchev–Trinajstić information content (AvgIpc) is 2.85. The molecule has 1 aliphatic heterocycles. The fraction of sp³-hybridized carbons (Fsp3) is 0.455. The van der Waals surface area contributed by atoms with Crippen LogP contribution in [0.1, 0.15) is 17.5 Å². The molecule has 0 spiro atoms. The molecule has 16 nitrogen and oxygen atoms in total. The SMILES string of the molecule is C#Cc1[nH]c(=O)cnc1[C@@H]1O[C@H](COP(=O)(O)OP(=O)(O)OP(=O)(O)O)C(O)[C@@H]1O. The Bertz CT molecular complexity index is 1030. The molecule has 6 atom stereocenters. The number of aliphatic hydroxyl groups excluding tert-OH is 2. The van der Waals surface area contributed by atoms with E-state index in [1.54, 1.807) is 0 Å². The first-order valence-electron chi connectivity index (χ1n) is 7.50. The van der Waals surface area contributed by atoms with Gasteiger partial charge in [-0.05, 0) is 0 Å². The summed E-state index contributed by atoms with van der Waals surface area (Å²) < 4.78 is 50.3. The highest BCUT2D eigenvalue weighted by atomic mass is 31.3. The van der Waals surface area contributed by atoms with Crippen LogP contribution in [0.25, 0.3) is 0 Å². The molecule has 3 unspecified atom stereocenters. The molecule has 0 amide bonds. The third-order valence-electron chi connectivity index (χ3n) is 3.42. The first-order valence-corrected chi connectivity index (χ1v) is 12.0. The van der Waals surface area contributed by atoms with Gasteiger partial charge in [-0.15, -0.1) is 6.42 Å². The van der Waals surface area contributed by atoms with Crippen molar-refractivity contribution in [2.24, 2.45) is 0 Å². The summed E-state index contributed by atoms with van der Waals surface area (Å²) in [7, 11) is -16.7. The van der Waals surface area contributed by atoms with Gasteiger partial charge in [0.2, 0.25) is 0 Å². The zero-order valence-corrected chi connectivity index (χ0v) is 17.1. The minimum absolute atomic E-state index is 0.135. The summed E-state index contributed by atoms with van der Waals surface area (Å²) in [5, 5.41) is 20.2. The fourth-order valence-electron chi connectivity index (χ4n) is 2.32. The molecule has 19 heteroatoms. The van der Waals surface area contributed by atoms with Crippen molar-refractivity contribution in [3.05, 3.63) is 27.9 Å². The molecular weight excluding hydrogens is 477 g/mol. The van der Waals surface area contributed by atoms with Crippen LogP contribution in [0, 0.1) is 12.3 Å². The van der Waals surface area contributed by atoms with Gasteiger partial charge in [-0.2, -0.15) is 8.62 Å². The number of phosphoric acid groups is 3. The zero-order valence-electron chi connectivity index (χ0n) is 14.4. The number of aromatic nitrogens is 2. The predicted molar refractivity (Wildman–Crippen MR) is 92.2 cm³/mol. The van der Waals surface area contributed by atoms with Gasteiger partial charge < -0.3 is 39.5 Å². The maximum atomic E-state index is 11.7. The number of hydrogen-bond donors (Lipinski definition) is 7. The first kappa shape index (κ1) is 25.0. The van der Waals surface area contributed by atoms with Gasteiger partial charge in [-0.25, -0.2) is 18.7 Å². The van der Waals surface area contributed by atoms with Crippen LogP contribution in [0.4, 0.5) is 0 Å². The van der Waals surface area contributed by atoms with Crippen LogP contribution in [0.5, 0.6) is 0 Å². The second-order valence-electron chi connectivity index (χ2n) is 5.62. The van der Waals surface area contributed by atoms with E-state index in [0.29, 0.717) is 0 Å². The van der Waals surface area contributed by atoms with Crippen LogP contribution in [0.15, 0.2) is 11.0 Å². The summed E-state index contributed by atoms with van der Waals surface area (Å²) in [5.74, 6) is 2.10. The highest BCUT2D eigenvalue weighted by molar-refractivity contribution is 7.66. The van der Waals surface area contributed by atoms with Crippen LogP contribution in [-0.4, -0.2) is 64.7 Å². The Kier molecular flexibility index (Phi) is 7.56. The minimum Gasteiger partial charge on any atom is -0.387 e. The fourth-order valence-corrected chi connectivity index (χ4v) is 5.35. The van der Waals surface area contributed by atoms with Crippen molar-refractivity contribution in [3.63, 3.8) is 0 Å². The number of nitrogens with zero attached hydrogens (tertiary/aromatic N) is 1. The van der Waals surface area contributed by atoms with Gasteiger partial charge in [0.1, 0.15) is 35.8 Å². The molecule has 0 bridgehead atoms. The van der Waals surface area contributed by atoms with Crippen molar-refractivity contribution in [2.75, 3.05) is 6.61 Å². The average molecular weight is 492 g/mol. The third-order valence-corrected chi connectivity index (χ3v) is 7.22. The van der Waals surface area contributed by atoms with Gasteiger partial charge in [-0.3, -0.25) is 9.32 Å². The Morgan fingerprint density at radius 3 is 2.33 bits per heavy atom. The second-order valence-corrected chi connectivity index (χ2v) is 10.0. The summed E-state index contributed by atoms with van der Waals surface area (Å²) >= 11 is 0. The molecule has 0 aromatic carbocycles. The van der Waals surface area contributed by atoms with E-state index < -0.39 is 60.1 Å². The first-order chi connectivity index (χ1) is 13.6. The van der Waals surface area contributed by atoms with E-state index in [9.17, 15) is 33.6 Å². The molecule has 0 radical (unpaired) electrons. The van der Waals surface area contributed by atoms with Crippen molar-refractivity contribution in [3.8, 4) is 12.3 Å². The molecule has 168 valence electrons. The standard InChI is InChI=1S/C11H15N2O14P3/c1-2-5-8(12-3-7(14)13-5)11-10(16)9(15)6(25-11)4-24-29(20,21)27-30(22,23)26-28(17,18)19/h1,3,6,9-11,15-16H,4H2,(H,13,14)(H,20,21)(H,22,23)(H2,17,18,19)/t6-,9?,10+,11+/m1/s1. The quantitative estimate of drug-likeness (QED) is 0.157. The summed E-state index contributed by atoms with van der Waals surface area (Å²) in [5.41, 5.74) is -0.944. The molecule has 0 saturated carbocycles. The number of phosphoric ester groups is 1. The molecule has 2 heterocycles. The lowest BCUT2D eigenvalue weighted by Gasteiger charge is -2.19. The number of rotatable bonds is 8. The van der Waals surface area contributed by atoms with Crippen LogP contribution >= 0.6 is 23.5 Å². The zero-order chi connectivity index (χ0) is 22.9. The number of nitrogens with one attached hydrogen (secondary N) is 1. The highest BCUT2D eigenvalue weighted by Gasteiger charge is 2.47. The molecule has 1 aromatic rings. The van der Waals surface area contributed by atoms with Gasteiger partial charge in [0.25, 0.3) is 5.56 Å². The largest absolute Gasteiger partial charge is 0.490 e. The maximum absolute atomic E-state index is 11.7. The molecule has 7 N–H and O–H groups in total. The Hall–Kier alpha value is -1.27. The lowest BCUT2D eigenvalue weighted by atomic mass is 10.0. The van der Waals surface area contributed by atoms with Gasteiger partial charge >= 0.3 is 23.5 Å². The number of hydrogen-bond acceptors (Lipinski definition) is 11. The summed E-state index contributed by atoms with van der Waals surface area (Å²) in [6.07, 6.45) is -0.258. The third kappa shape index (κ3) is 6.61. The van der Waals surface area contributed by atoms with Crippen molar-refractivity contribution in [1.82, 2.24) is 9.97 Å². The van der Waals surface area contributed by atoms with E-state index in [0.717, 1.165) is 6.20 Å². The normalized spacial score (nSPS) is 28.4. The molecule has 0 aliphatic carbocycles. The molecule has 1 saturated heterocycles. The van der Waals surface area contributed by atoms with Gasteiger partial charge in [0, 0.05) is 0 Å². The number of H-pyrrole nitrogens is 1. The molecule has 1 aromatic heterocycles. The monoisotopic (exact) mass is 492 g/mol. The maximum Gasteiger partial charge on any atom is 0.490 e. The molecule has 30 heavy (non-hydrogen) atoms. The Labute approximate surface area is 166 Å². The minimum atomic E-state index is -5.72. The highest BCUT2D eigenvalue weighted by Crippen LogP contribution is 2.66. The Morgan fingerprint density at radius 2 is 1.77 bits per heavy atom. The van der Waals surface area contributed by atoms with E-state index >= 15 is 0 Å². The van der Waals surface area contributed by atoms with Gasteiger partial charge in [-0.1, -0.05) is 5.92 Å². The van der Waals surface area contributed by atoms with Crippen molar-refractivity contribution >= 4 is 23.5 Å². The van der Waals surface area contributed by atoms with E-state index in [1.807, 2.05) is 0 Å². The van der Waals surface area contributed by atoms with E-state index in [2.05, 4.69) is 29.0 Å². The number of ether oxygens (including phenoxy) is 1. The topological polar surface area (TPSA) is 255 Å². The summed E-state index contributed by atoms with van der Waals surface area (Å²) in [6, 6.07) is 0. The molecule has 1 fully saturated rings. The molecule has 2 rings (SSSR count). The van der Waals surface area contributed by atoms with E-state index in [1.165, 1.54) is 0 Å². The summed E-state index contributed by atoms with van der Waals surface area (Å²) in [4.78, 5) is 52.7. The van der Waals surface area contributed by atoms with Crippen LogP contribution in [0.3, 0.4) is 0 Å². The lowest BCUT2D eigenvalue weighted by molar-refractivity contribution is -0.0236. The van der Waals surface area contributed by atoms with Crippen molar-refractivity contribution in [2.45, 2.75) is 24.4 Å². The van der Waals surface area contributed by atoms with E-state index in [4.69, 9.17) is 25.8 Å². The van der Waals surface area contributed by atoms with E-state index in [-0.39, 0.29) is 11.4 Å². The van der Waals surface area contributed by atoms with Gasteiger partial charge in [0.05, 0.1) is 12.8 Å². The number of aliphatic hydroxyl groups is 2. The predicted octanol–water partition coefficient (Wildman–Crippen LogP) is -1.74. The van der Waals surface area contributed by atoms with Crippen molar-refractivity contribution < 1.29 is 61.4 Å². The Balaban J connectivity index is 2.09. The number of terminal acetylenes is 1. The van der Waals surface area contributed by atoms with Gasteiger partial charge in [0.15, 0.2) is 0 Å². The number of aromatic amines is 1. The van der Waals surface area contributed by atoms with Crippen LogP contribution in [-0.2, 0) is 31.6 Å². The Morgan fingerprint density at radius 1 is 1.13 bits per heavy atom.